The summed E-state index contributed by atoms with van der Waals surface area (Å²) in [5, 5.41) is 3.12. The van der Waals surface area contributed by atoms with E-state index in [0.29, 0.717) is 6.61 Å². The van der Waals surface area contributed by atoms with Gasteiger partial charge in [0.2, 0.25) is 0 Å². The van der Waals surface area contributed by atoms with Crippen molar-refractivity contribution in [3.05, 3.63) is 23.7 Å². The quantitative estimate of drug-likeness (QED) is 0.698. The number of furan rings is 1. The van der Waals surface area contributed by atoms with Gasteiger partial charge in [-0.25, -0.2) is 0 Å². The molecular formula is C13H22N2O2. The summed E-state index contributed by atoms with van der Waals surface area (Å²) in [6, 6.07) is 2.80. The summed E-state index contributed by atoms with van der Waals surface area (Å²) in [4.78, 5) is 2.37. The first-order valence-corrected chi connectivity index (χ1v) is 6.29. The van der Waals surface area contributed by atoms with Gasteiger partial charge >= 0.3 is 0 Å². The highest BCUT2D eigenvalue weighted by Gasteiger charge is 2.25. The average molecular weight is 238 g/mol. The molecule has 1 fully saturated rings. The van der Waals surface area contributed by atoms with Crippen molar-refractivity contribution in [2.75, 3.05) is 27.2 Å². The molecule has 4 heteroatoms. The van der Waals surface area contributed by atoms with E-state index in [9.17, 15) is 0 Å². The molecule has 1 N–H and O–H groups in total. The Morgan fingerprint density at radius 1 is 1.53 bits per heavy atom. The number of hydrogen-bond acceptors (Lipinski definition) is 4. The summed E-state index contributed by atoms with van der Waals surface area (Å²) in [6.07, 6.45) is 4.42. The summed E-state index contributed by atoms with van der Waals surface area (Å²) >= 11 is 0. The molecule has 0 amide bonds. The Morgan fingerprint density at radius 2 is 2.35 bits per heavy atom. The van der Waals surface area contributed by atoms with Crippen LogP contribution in [0, 0.1) is 0 Å². The molecule has 0 unspecified atom stereocenters. The van der Waals surface area contributed by atoms with Crippen molar-refractivity contribution in [1.82, 2.24) is 10.2 Å². The zero-order valence-electron chi connectivity index (χ0n) is 10.7. The third-order valence-electron chi connectivity index (χ3n) is 3.20. The molecule has 0 bridgehead atoms. The molecule has 1 heterocycles. The van der Waals surface area contributed by atoms with Crippen molar-refractivity contribution in [2.45, 2.75) is 32.0 Å². The number of nitrogens with one attached hydrogen (secondary N) is 1. The van der Waals surface area contributed by atoms with E-state index < -0.39 is 0 Å². The van der Waals surface area contributed by atoms with Crippen LogP contribution >= 0.6 is 0 Å². The summed E-state index contributed by atoms with van der Waals surface area (Å²) < 4.78 is 11.1. The van der Waals surface area contributed by atoms with Crippen LogP contribution in [0.4, 0.5) is 0 Å². The van der Waals surface area contributed by atoms with Crippen molar-refractivity contribution in [1.29, 1.82) is 0 Å². The topological polar surface area (TPSA) is 37.6 Å². The molecule has 0 atom stereocenters. The molecule has 17 heavy (non-hydrogen) atoms. The monoisotopic (exact) mass is 238 g/mol. The third kappa shape index (κ3) is 3.84. The number of nitrogens with zero attached hydrogens (tertiary/aromatic N) is 1. The largest absolute Gasteiger partial charge is 0.467 e. The fourth-order valence-electron chi connectivity index (χ4n) is 1.91. The Kier molecular flexibility index (Phi) is 4.59. The molecule has 1 aromatic rings. The number of ether oxygens (including phenoxy) is 1. The zero-order chi connectivity index (χ0) is 12.1. The second kappa shape index (κ2) is 6.19. The predicted molar refractivity (Wildman–Crippen MR) is 66.8 cm³/mol. The van der Waals surface area contributed by atoms with Crippen molar-refractivity contribution < 1.29 is 9.15 Å². The fraction of sp³-hybridized carbons (Fsp3) is 0.692. The molecule has 4 nitrogen and oxygen atoms in total. The summed E-state index contributed by atoms with van der Waals surface area (Å²) in [6.45, 7) is 3.18. The molecular weight excluding hydrogens is 216 g/mol. The van der Waals surface area contributed by atoms with Crippen LogP contribution in [0.5, 0.6) is 0 Å². The first-order valence-electron chi connectivity index (χ1n) is 6.29. The second-order valence-electron chi connectivity index (χ2n) is 4.66. The van der Waals surface area contributed by atoms with Crippen molar-refractivity contribution in [2.24, 2.45) is 0 Å². The van der Waals surface area contributed by atoms with Crippen LogP contribution in [0.25, 0.3) is 0 Å². The van der Waals surface area contributed by atoms with E-state index in [1.165, 1.54) is 18.4 Å². The van der Waals surface area contributed by atoms with Crippen molar-refractivity contribution in [3.63, 3.8) is 0 Å². The highest BCUT2D eigenvalue weighted by Crippen LogP contribution is 2.24. The maximum absolute atomic E-state index is 5.65. The van der Waals surface area contributed by atoms with Crippen LogP contribution in [0.15, 0.2) is 16.7 Å². The highest BCUT2D eigenvalue weighted by atomic mass is 16.5. The van der Waals surface area contributed by atoms with E-state index in [2.05, 4.69) is 17.3 Å². The van der Waals surface area contributed by atoms with Crippen LogP contribution in [0.3, 0.4) is 0 Å². The molecule has 0 saturated heterocycles. The molecule has 0 aliphatic heterocycles. The van der Waals surface area contributed by atoms with E-state index in [4.69, 9.17) is 9.15 Å². The van der Waals surface area contributed by atoms with Gasteiger partial charge in [-0.3, -0.25) is 0 Å². The average Bonchev–Trinajstić information content (AvgIpc) is 3.08. The first kappa shape index (κ1) is 12.6. The minimum Gasteiger partial charge on any atom is -0.467 e. The Balaban J connectivity index is 1.64. The standard InChI is InChI=1S/C13H22N2O2/c1-14-9-11-5-7-17-13(11)10-16-8-6-15(2)12-3-4-12/h5,7,12,14H,3-4,6,8-10H2,1-2H3. The predicted octanol–water partition coefficient (Wildman–Crippen LogP) is 1.61. The Bertz CT molecular complexity index is 334. The fourth-order valence-corrected chi connectivity index (χ4v) is 1.91. The second-order valence-corrected chi connectivity index (χ2v) is 4.66. The van der Waals surface area contributed by atoms with E-state index in [-0.39, 0.29) is 0 Å². The molecule has 1 aliphatic rings. The molecule has 1 aromatic heterocycles. The van der Waals surface area contributed by atoms with Gasteiger partial charge in [0.05, 0.1) is 12.9 Å². The van der Waals surface area contributed by atoms with Crippen LogP contribution in [-0.2, 0) is 17.9 Å². The van der Waals surface area contributed by atoms with E-state index in [0.717, 1.165) is 31.5 Å². The Morgan fingerprint density at radius 3 is 3.06 bits per heavy atom. The highest BCUT2D eigenvalue weighted by molar-refractivity contribution is 5.15. The molecule has 1 aliphatic carbocycles. The van der Waals surface area contributed by atoms with Gasteiger partial charge < -0.3 is 19.4 Å². The molecule has 2 rings (SSSR count). The molecule has 0 aromatic carbocycles. The van der Waals surface area contributed by atoms with Gasteiger partial charge in [-0.2, -0.15) is 0 Å². The third-order valence-corrected chi connectivity index (χ3v) is 3.20. The maximum Gasteiger partial charge on any atom is 0.133 e. The SMILES string of the molecule is CNCc1ccoc1COCCN(C)C1CC1. The number of likely N-dealkylation sites (N-methyl/N-ethyl adjacent to an activating group) is 1. The molecule has 0 spiro atoms. The molecule has 96 valence electrons. The Hall–Kier alpha value is -0.840. The van der Waals surface area contributed by atoms with Crippen LogP contribution in [0.2, 0.25) is 0 Å². The minimum atomic E-state index is 0.572. The van der Waals surface area contributed by atoms with Gasteiger partial charge in [-0.1, -0.05) is 0 Å². The lowest BCUT2D eigenvalue weighted by atomic mass is 10.2. The zero-order valence-corrected chi connectivity index (χ0v) is 10.7. The van der Waals surface area contributed by atoms with Gasteiger partial charge in [0.25, 0.3) is 0 Å². The Labute approximate surface area is 103 Å². The lowest BCUT2D eigenvalue weighted by Crippen LogP contribution is -2.25. The van der Waals surface area contributed by atoms with Gasteiger partial charge in [0, 0.05) is 24.7 Å². The van der Waals surface area contributed by atoms with Crippen molar-refractivity contribution >= 4 is 0 Å². The first-order chi connectivity index (χ1) is 8.31. The van der Waals surface area contributed by atoms with Crippen LogP contribution in [0.1, 0.15) is 24.2 Å². The molecule has 0 radical (unpaired) electrons. The van der Waals surface area contributed by atoms with Crippen molar-refractivity contribution in [3.8, 4) is 0 Å². The van der Waals surface area contributed by atoms with E-state index in [1.54, 1.807) is 6.26 Å². The van der Waals surface area contributed by atoms with E-state index in [1.807, 2.05) is 13.1 Å². The summed E-state index contributed by atoms with van der Waals surface area (Å²) in [5.41, 5.74) is 1.18. The van der Waals surface area contributed by atoms with Crippen LogP contribution < -0.4 is 5.32 Å². The van der Waals surface area contributed by atoms with Gasteiger partial charge in [0.15, 0.2) is 0 Å². The summed E-state index contributed by atoms with van der Waals surface area (Å²) in [5.74, 6) is 0.938. The smallest absolute Gasteiger partial charge is 0.133 e. The normalized spacial score (nSPS) is 15.7. The lowest BCUT2D eigenvalue weighted by molar-refractivity contribution is 0.0856. The lowest BCUT2D eigenvalue weighted by Gasteiger charge is -2.15. The minimum absolute atomic E-state index is 0.572. The maximum atomic E-state index is 5.65. The number of rotatable bonds is 8. The van der Waals surface area contributed by atoms with Gasteiger partial charge in [-0.05, 0) is 33.0 Å². The van der Waals surface area contributed by atoms with Gasteiger partial charge in [-0.15, -0.1) is 0 Å². The van der Waals surface area contributed by atoms with Gasteiger partial charge in [0.1, 0.15) is 12.4 Å². The van der Waals surface area contributed by atoms with Crippen LogP contribution in [-0.4, -0.2) is 38.2 Å². The van der Waals surface area contributed by atoms with E-state index >= 15 is 0 Å². The summed E-state index contributed by atoms with van der Waals surface area (Å²) in [7, 11) is 4.10. The number of hydrogen-bond donors (Lipinski definition) is 1. The molecule has 1 saturated carbocycles.